The van der Waals surface area contributed by atoms with Gasteiger partial charge < -0.3 is 26.2 Å². The number of terminal acetylenes is 1. The third-order valence-electron chi connectivity index (χ3n) is 10.8. The lowest BCUT2D eigenvalue weighted by atomic mass is 9.75. The Hall–Kier alpha value is -3.35. The quantitative estimate of drug-likeness (QED) is 0.0907. The number of likely N-dealkylation sites (tertiary alicyclic amines) is 1. The third kappa shape index (κ3) is 9.63. The topological polar surface area (TPSA) is 137 Å². The molecule has 3 rings (SSSR count). The fourth-order valence-electron chi connectivity index (χ4n) is 7.60. The third-order valence-corrected chi connectivity index (χ3v) is 10.8. The summed E-state index contributed by atoms with van der Waals surface area (Å²) in [6, 6.07) is -3.25. The molecule has 2 aliphatic carbocycles. The van der Waals surface area contributed by atoms with Crippen molar-refractivity contribution in [1.29, 1.82) is 0 Å². The van der Waals surface area contributed by atoms with Crippen molar-refractivity contribution in [3.63, 3.8) is 0 Å². The average Bonchev–Trinajstić information content (AvgIpc) is 3.31. The van der Waals surface area contributed by atoms with E-state index in [1.54, 1.807) is 11.0 Å². The molecule has 1 aliphatic heterocycles. The summed E-state index contributed by atoms with van der Waals surface area (Å²) < 4.78 is 0. The molecular formula is C38H61N5O5. The number of fused-ring (bicyclic) bond motifs is 1. The molecule has 10 heteroatoms. The van der Waals surface area contributed by atoms with Crippen molar-refractivity contribution in [2.45, 2.75) is 143 Å². The Balaban J connectivity index is 1.82. The van der Waals surface area contributed by atoms with Gasteiger partial charge in [0.2, 0.25) is 17.6 Å². The van der Waals surface area contributed by atoms with Gasteiger partial charge in [0.1, 0.15) is 12.1 Å². The van der Waals surface area contributed by atoms with Crippen LogP contribution in [0.1, 0.15) is 120 Å². The van der Waals surface area contributed by atoms with Crippen LogP contribution < -0.4 is 21.3 Å². The Kier molecular flexibility index (Phi) is 12.6. The fraction of sp³-hybridized carbons (Fsp3) is 0.763. The molecule has 5 amide bonds. The van der Waals surface area contributed by atoms with Gasteiger partial charge in [0.25, 0.3) is 5.91 Å². The normalized spacial score (nSPS) is 23.8. The minimum atomic E-state index is -1.13. The summed E-state index contributed by atoms with van der Waals surface area (Å²) in [5.74, 6) is 0.0526. The van der Waals surface area contributed by atoms with Gasteiger partial charge in [0, 0.05) is 25.0 Å². The molecule has 0 aromatic rings. The fourth-order valence-corrected chi connectivity index (χ4v) is 7.60. The van der Waals surface area contributed by atoms with Gasteiger partial charge in [0.15, 0.2) is 0 Å². The molecule has 1 saturated heterocycles. The molecular weight excluding hydrogens is 606 g/mol. The highest BCUT2D eigenvalue weighted by Gasteiger charge is 2.70. The van der Waals surface area contributed by atoms with E-state index in [0.29, 0.717) is 13.0 Å². The van der Waals surface area contributed by atoms with Crippen molar-refractivity contribution < 1.29 is 24.0 Å². The predicted molar refractivity (Wildman–Crippen MR) is 189 cm³/mol. The molecule has 1 heterocycles. The Morgan fingerprint density at radius 2 is 1.67 bits per heavy atom. The first-order chi connectivity index (χ1) is 22.3. The number of rotatable bonds is 14. The number of nitrogens with zero attached hydrogens (tertiary/aromatic N) is 1. The Morgan fingerprint density at radius 1 is 1.02 bits per heavy atom. The highest BCUT2D eigenvalue weighted by molar-refractivity contribution is 6.38. The summed E-state index contributed by atoms with van der Waals surface area (Å²) in [5, 5.41) is 11.7. The van der Waals surface area contributed by atoms with E-state index in [0.717, 1.165) is 44.9 Å². The molecule has 48 heavy (non-hydrogen) atoms. The number of carbonyl (C=O) groups excluding carboxylic acids is 5. The van der Waals surface area contributed by atoms with Gasteiger partial charge in [0.05, 0.1) is 6.04 Å². The van der Waals surface area contributed by atoms with Gasteiger partial charge in [-0.05, 0) is 66.6 Å². The minimum absolute atomic E-state index is 0.0941. The zero-order valence-electron chi connectivity index (χ0n) is 30.7. The first kappa shape index (κ1) is 39.1. The SMILES string of the molecule is C#CCCC(NC(=O)[C@@H]1[C@@H]2C(CN1C(=O)[C@@H](NC(=O)NC1(CCC(C)(C)C)CCCCC1)C(C)(C)C)C2(C)C)C(=O)C(=O)NCCC=C. The summed E-state index contributed by atoms with van der Waals surface area (Å²) in [5.41, 5.74) is -1.02. The van der Waals surface area contributed by atoms with E-state index in [-0.39, 0.29) is 59.5 Å². The number of hydrogen-bond donors (Lipinski definition) is 4. The maximum absolute atomic E-state index is 14.4. The van der Waals surface area contributed by atoms with Crippen LogP contribution in [0.3, 0.4) is 0 Å². The molecule has 4 N–H and O–H groups in total. The number of amides is 5. The highest BCUT2D eigenvalue weighted by Crippen LogP contribution is 2.65. The summed E-state index contributed by atoms with van der Waals surface area (Å²) in [6.45, 7) is 20.7. The molecule has 0 bridgehead atoms. The summed E-state index contributed by atoms with van der Waals surface area (Å²) in [7, 11) is 0. The Labute approximate surface area is 288 Å². The van der Waals surface area contributed by atoms with E-state index in [1.165, 1.54) is 0 Å². The number of nitrogens with one attached hydrogen (secondary N) is 4. The number of hydrogen-bond acceptors (Lipinski definition) is 5. The minimum Gasteiger partial charge on any atom is -0.349 e. The van der Waals surface area contributed by atoms with Crippen molar-refractivity contribution in [2.75, 3.05) is 13.1 Å². The molecule has 0 spiro atoms. The van der Waals surface area contributed by atoms with Gasteiger partial charge in [-0.1, -0.05) is 80.7 Å². The average molecular weight is 668 g/mol. The number of urea groups is 1. The van der Waals surface area contributed by atoms with E-state index < -0.39 is 41.1 Å². The molecule has 0 aromatic carbocycles. The molecule has 2 unspecified atom stereocenters. The molecule has 5 atom stereocenters. The van der Waals surface area contributed by atoms with Crippen molar-refractivity contribution in [3.05, 3.63) is 12.7 Å². The van der Waals surface area contributed by atoms with E-state index >= 15 is 0 Å². The Bertz CT molecular complexity index is 1260. The molecule has 2 saturated carbocycles. The summed E-state index contributed by atoms with van der Waals surface area (Å²) in [6.07, 6.45) is 14.8. The maximum atomic E-state index is 14.4. The molecule has 0 radical (unpaired) electrons. The molecule has 3 fully saturated rings. The van der Waals surface area contributed by atoms with Crippen LogP contribution in [0.15, 0.2) is 12.7 Å². The first-order valence-corrected chi connectivity index (χ1v) is 17.8. The second-order valence-corrected chi connectivity index (χ2v) is 17.2. The first-order valence-electron chi connectivity index (χ1n) is 17.8. The lowest BCUT2D eigenvalue weighted by molar-refractivity contribution is -0.145. The maximum Gasteiger partial charge on any atom is 0.315 e. The van der Waals surface area contributed by atoms with Crippen molar-refractivity contribution in [3.8, 4) is 12.3 Å². The zero-order chi connectivity index (χ0) is 36.1. The smallest absolute Gasteiger partial charge is 0.315 e. The number of carbonyl (C=O) groups is 5. The van der Waals surface area contributed by atoms with Crippen LogP contribution in [0.2, 0.25) is 0 Å². The summed E-state index contributed by atoms with van der Waals surface area (Å²) >= 11 is 0. The zero-order valence-corrected chi connectivity index (χ0v) is 30.7. The standard InChI is InChI=1S/C38H61N5O5/c1-11-13-18-26(29(44)32(46)39-23-14-12-2)40-31(45)28-27-25(37(27,9)10)24-43(28)33(47)30(36(6,7)8)41-34(48)42-38(19-16-15-17-20-38)22-21-35(3,4)5/h1,12,25-28,30H,2,13-24H2,3-10H3,(H,39,46)(H,40,45)(H2,41,42,48)/t25?,26?,27-,28-,30+/m0/s1. The van der Waals surface area contributed by atoms with Gasteiger partial charge in [-0.25, -0.2) is 4.79 Å². The van der Waals surface area contributed by atoms with E-state index in [2.05, 4.69) is 68.4 Å². The highest BCUT2D eigenvalue weighted by atomic mass is 16.2. The monoisotopic (exact) mass is 667 g/mol. The molecule has 268 valence electrons. The van der Waals surface area contributed by atoms with Crippen LogP contribution >= 0.6 is 0 Å². The largest absolute Gasteiger partial charge is 0.349 e. The van der Waals surface area contributed by atoms with E-state index in [9.17, 15) is 24.0 Å². The summed E-state index contributed by atoms with van der Waals surface area (Å²) in [4.78, 5) is 69.5. The van der Waals surface area contributed by atoms with Gasteiger partial charge >= 0.3 is 6.03 Å². The number of Topliss-reactive ketones (excluding diaryl/α,β-unsaturated/α-hetero) is 1. The lowest BCUT2D eigenvalue weighted by Gasteiger charge is -2.41. The number of piperidine rings is 1. The van der Waals surface area contributed by atoms with Crippen LogP contribution in [-0.4, -0.2) is 71.2 Å². The van der Waals surface area contributed by atoms with Crippen LogP contribution in [0, 0.1) is 40.4 Å². The number of ketones is 1. The van der Waals surface area contributed by atoms with Crippen molar-refractivity contribution in [1.82, 2.24) is 26.2 Å². The second-order valence-electron chi connectivity index (χ2n) is 17.2. The lowest BCUT2D eigenvalue weighted by Crippen LogP contribution is -2.63. The molecule has 3 aliphatic rings. The molecule has 10 nitrogen and oxygen atoms in total. The van der Waals surface area contributed by atoms with Gasteiger partial charge in [-0.2, -0.15) is 0 Å². The molecule has 0 aromatic heterocycles. The van der Waals surface area contributed by atoms with Crippen LogP contribution in [-0.2, 0) is 19.2 Å². The second kappa shape index (κ2) is 15.5. The van der Waals surface area contributed by atoms with Gasteiger partial charge in [-0.15, -0.1) is 18.9 Å². The van der Waals surface area contributed by atoms with Crippen molar-refractivity contribution in [2.24, 2.45) is 28.1 Å². The van der Waals surface area contributed by atoms with E-state index in [4.69, 9.17) is 6.42 Å². The predicted octanol–water partition coefficient (Wildman–Crippen LogP) is 4.87. The van der Waals surface area contributed by atoms with Crippen LogP contribution in [0.4, 0.5) is 4.79 Å². The van der Waals surface area contributed by atoms with Gasteiger partial charge in [-0.3, -0.25) is 19.2 Å². The van der Waals surface area contributed by atoms with Crippen molar-refractivity contribution >= 4 is 29.5 Å². The van der Waals surface area contributed by atoms with Crippen LogP contribution in [0.5, 0.6) is 0 Å². The van der Waals surface area contributed by atoms with E-state index in [1.807, 2.05) is 20.8 Å². The Morgan fingerprint density at radius 3 is 2.23 bits per heavy atom. The van der Waals surface area contributed by atoms with Crippen LogP contribution in [0.25, 0.3) is 0 Å².